The Hall–Kier alpha value is -3.37. The molecule has 0 fully saturated rings. The Morgan fingerprint density at radius 1 is 1.19 bits per heavy atom. The van der Waals surface area contributed by atoms with Gasteiger partial charge >= 0.3 is 0 Å². The molecule has 0 bridgehead atoms. The monoisotopic (exact) mass is 465 g/mol. The van der Waals surface area contributed by atoms with E-state index >= 15 is 0 Å². The third-order valence-corrected chi connectivity index (χ3v) is 6.58. The Morgan fingerprint density at radius 2 is 2.06 bits per heavy atom. The second-order valence-electron chi connectivity index (χ2n) is 6.94. The number of hydrogen-bond donors (Lipinski definition) is 0. The van der Waals surface area contributed by atoms with Crippen molar-refractivity contribution in [1.29, 1.82) is 0 Å². The number of benzene rings is 1. The van der Waals surface area contributed by atoms with Crippen LogP contribution in [0, 0.1) is 5.82 Å². The molecule has 10 heteroatoms. The number of thioether (sulfide) groups is 1. The van der Waals surface area contributed by atoms with Crippen LogP contribution >= 0.6 is 23.1 Å². The van der Waals surface area contributed by atoms with Crippen molar-refractivity contribution in [3.05, 3.63) is 82.6 Å². The zero-order chi connectivity index (χ0) is 21.9. The van der Waals surface area contributed by atoms with Crippen LogP contribution in [-0.4, -0.2) is 37.6 Å². The number of pyridine rings is 1. The summed E-state index contributed by atoms with van der Waals surface area (Å²) in [6, 6.07) is 13.4. The van der Waals surface area contributed by atoms with Gasteiger partial charge in [-0.15, -0.1) is 21.5 Å². The van der Waals surface area contributed by atoms with Crippen molar-refractivity contribution in [3.63, 3.8) is 0 Å². The molecule has 1 amide bonds. The smallest absolute Gasteiger partial charge is 0.277 e. The van der Waals surface area contributed by atoms with Gasteiger partial charge in [0.2, 0.25) is 5.89 Å². The number of hydrazone groups is 1. The van der Waals surface area contributed by atoms with E-state index < -0.39 is 0 Å². The van der Waals surface area contributed by atoms with Crippen LogP contribution in [0.1, 0.15) is 22.9 Å². The third kappa shape index (κ3) is 4.32. The lowest BCUT2D eigenvalue weighted by atomic mass is 10.0. The molecule has 1 aromatic carbocycles. The molecule has 3 aromatic heterocycles. The first-order valence-electron chi connectivity index (χ1n) is 9.73. The molecule has 4 aromatic rings. The highest BCUT2D eigenvalue weighted by molar-refractivity contribution is 7.99. The van der Waals surface area contributed by atoms with E-state index in [4.69, 9.17) is 4.42 Å². The third-order valence-electron chi connectivity index (χ3n) is 4.86. The standard InChI is InChI=1S/C22H16FN5O2S2/c23-16-7-5-14(6-8-16)18-11-17(19-4-2-10-31-19)27-28(18)20(29)13-32-22-26-25-21(30-22)15-3-1-9-24-12-15/h1-10,12,18H,11,13H2/t18-/m0/s1. The molecule has 1 aliphatic heterocycles. The fourth-order valence-corrected chi connectivity index (χ4v) is 4.68. The van der Waals surface area contributed by atoms with Gasteiger partial charge in [-0.2, -0.15) is 5.10 Å². The minimum Gasteiger partial charge on any atom is -0.411 e. The van der Waals surface area contributed by atoms with Crippen molar-refractivity contribution >= 4 is 34.7 Å². The highest BCUT2D eigenvalue weighted by atomic mass is 32.2. The van der Waals surface area contributed by atoms with E-state index in [0.717, 1.165) is 27.9 Å². The number of aromatic nitrogens is 3. The first kappa shape index (κ1) is 20.5. The highest BCUT2D eigenvalue weighted by Gasteiger charge is 2.33. The Morgan fingerprint density at radius 3 is 2.81 bits per heavy atom. The van der Waals surface area contributed by atoms with Crippen molar-refractivity contribution in [3.8, 4) is 11.5 Å². The van der Waals surface area contributed by atoms with Gasteiger partial charge in [-0.3, -0.25) is 9.78 Å². The first-order chi connectivity index (χ1) is 15.7. The molecule has 0 saturated heterocycles. The number of carbonyl (C=O) groups is 1. The molecule has 5 rings (SSSR count). The maximum absolute atomic E-state index is 13.4. The number of amides is 1. The lowest BCUT2D eigenvalue weighted by Gasteiger charge is -2.21. The van der Waals surface area contributed by atoms with E-state index in [1.807, 2.05) is 23.6 Å². The van der Waals surface area contributed by atoms with E-state index in [0.29, 0.717) is 17.9 Å². The van der Waals surface area contributed by atoms with Crippen LogP contribution in [-0.2, 0) is 4.79 Å². The van der Waals surface area contributed by atoms with Gasteiger partial charge < -0.3 is 4.42 Å². The summed E-state index contributed by atoms with van der Waals surface area (Å²) in [7, 11) is 0. The minimum absolute atomic E-state index is 0.0770. The summed E-state index contributed by atoms with van der Waals surface area (Å²) in [5.74, 6) is -0.0954. The summed E-state index contributed by atoms with van der Waals surface area (Å²) in [4.78, 5) is 18.1. The highest BCUT2D eigenvalue weighted by Crippen LogP contribution is 2.35. The Bertz CT molecular complexity index is 1240. The predicted octanol–water partition coefficient (Wildman–Crippen LogP) is 4.80. The maximum atomic E-state index is 13.4. The molecule has 1 atom stereocenters. The van der Waals surface area contributed by atoms with E-state index in [1.54, 1.807) is 41.9 Å². The van der Waals surface area contributed by atoms with Crippen LogP contribution in [0.2, 0.25) is 0 Å². The number of nitrogens with zero attached hydrogens (tertiary/aromatic N) is 5. The largest absolute Gasteiger partial charge is 0.411 e. The van der Waals surface area contributed by atoms with E-state index in [-0.39, 0.29) is 28.7 Å². The first-order valence-corrected chi connectivity index (χ1v) is 11.6. The fraction of sp³-hybridized carbons (Fsp3) is 0.136. The Labute approximate surface area is 191 Å². The number of thiophene rings is 1. The van der Waals surface area contributed by atoms with Crippen molar-refractivity contribution in [2.24, 2.45) is 5.10 Å². The van der Waals surface area contributed by atoms with E-state index in [9.17, 15) is 9.18 Å². The lowest BCUT2D eigenvalue weighted by Crippen LogP contribution is -2.28. The van der Waals surface area contributed by atoms with Crippen LogP contribution in [0.25, 0.3) is 11.5 Å². The summed E-state index contributed by atoms with van der Waals surface area (Å²) in [5.41, 5.74) is 2.38. The van der Waals surface area contributed by atoms with Crippen molar-refractivity contribution in [2.75, 3.05) is 5.75 Å². The van der Waals surface area contributed by atoms with E-state index in [2.05, 4.69) is 20.3 Å². The molecule has 32 heavy (non-hydrogen) atoms. The van der Waals surface area contributed by atoms with Gasteiger partial charge in [0.15, 0.2) is 0 Å². The summed E-state index contributed by atoms with van der Waals surface area (Å²) in [6.07, 6.45) is 3.85. The van der Waals surface area contributed by atoms with Crippen molar-refractivity contribution in [2.45, 2.75) is 17.7 Å². The van der Waals surface area contributed by atoms with E-state index in [1.165, 1.54) is 17.1 Å². The van der Waals surface area contributed by atoms with Crippen LogP contribution < -0.4 is 0 Å². The zero-order valence-corrected chi connectivity index (χ0v) is 18.2. The average molecular weight is 466 g/mol. The normalized spacial score (nSPS) is 15.7. The van der Waals surface area contributed by atoms with Gasteiger partial charge in [0.1, 0.15) is 5.82 Å². The quantitative estimate of drug-likeness (QED) is 0.380. The molecule has 0 unspecified atom stereocenters. The van der Waals surface area contributed by atoms with Gasteiger partial charge in [0.25, 0.3) is 11.1 Å². The van der Waals surface area contributed by atoms with Crippen molar-refractivity contribution < 1.29 is 13.6 Å². The van der Waals surface area contributed by atoms with Gasteiger partial charge in [0.05, 0.1) is 27.9 Å². The summed E-state index contributed by atoms with van der Waals surface area (Å²) in [5, 5.41) is 16.4. The van der Waals surface area contributed by atoms with Crippen LogP contribution in [0.15, 0.2) is 81.0 Å². The molecule has 7 nitrogen and oxygen atoms in total. The van der Waals surface area contributed by atoms with Gasteiger partial charge in [0, 0.05) is 18.8 Å². The molecule has 0 N–H and O–H groups in total. The number of carbonyl (C=O) groups excluding carboxylic acids is 1. The van der Waals surface area contributed by atoms with Gasteiger partial charge in [-0.1, -0.05) is 30.0 Å². The van der Waals surface area contributed by atoms with Crippen LogP contribution in [0.3, 0.4) is 0 Å². The lowest BCUT2D eigenvalue weighted by molar-refractivity contribution is -0.130. The molecule has 0 aliphatic carbocycles. The number of hydrogen-bond acceptors (Lipinski definition) is 8. The van der Waals surface area contributed by atoms with Crippen molar-refractivity contribution in [1.82, 2.24) is 20.2 Å². The molecular weight excluding hydrogens is 449 g/mol. The molecule has 0 spiro atoms. The topological polar surface area (TPSA) is 84.5 Å². The zero-order valence-electron chi connectivity index (χ0n) is 16.6. The Kier molecular flexibility index (Phi) is 5.78. The number of halogens is 1. The average Bonchev–Trinajstić information content (AvgIpc) is 3.59. The maximum Gasteiger partial charge on any atom is 0.277 e. The Balaban J connectivity index is 1.33. The van der Waals surface area contributed by atoms with Crippen LogP contribution in [0.5, 0.6) is 0 Å². The molecule has 4 heterocycles. The molecular formula is C22H16FN5O2S2. The second kappa shape index (κ2) is 9.01. The molecule has 0 radical (unpaired) electrons. The molecule has 1 aliphatic rings. The number of rotatable bonds is 6. The molecule has 160 valence electrons. The second-order valence-corrected chi connectivity index (χ2v) is 8.81. The van der Waals surface area contributed by atoms with Gasteiger partial charge in [-0.05, 0) is 41.3 Å². The molecule has 0 saturated carbocycles. The minimum atomic E-state index is -0.319. The SMILES string of the molecule is O=C(CSc1nnc(-c2cccnc2)o1)N1N=C(c2cccs2)C[C@H]1c1ccc(F)cc1. The fourth-order valence-electron chi connectivity index (χ4n) is 3.34. The summed E-state index contributed by atoms with van der Waals surface area (Å²) >= 11 is 2.72. The summed E-state index contributed by atoms with van der Waals surface area (Å²) in [6.45, 7) is 0. The predicted molar refractivity (Wildman–Crippen MR) is 120 cm³/mol. The van der Waals surface area contributed by atoms with Gasteiger partial charge in [-0.25, -0.2) is 9.40 Å². The van der Waals surface area contributed by atoms with Crippen LogP contribution in [0.4, 0.5) is 4.39 Å². The summed E-state index contributed by atoms with van der Waals surface area (Å²) < 4.78 is 19.1.